The summed E-state index contributed by atoms with van der Waals surface area (Å²) >= 11 is 0. The van der Waals surface area contributed by atoms with E-state index >= 15 is 0 Å². The maximum Gasteiger partial charge on any atom is 0.196 e. The van der Waals surface area contributed by atoms with E-state index in [9.17, 15) is 13.2 Å². The lowest BCUT2D eigenvalue weighted by Gasteiger charge is -2.40. The van der Waals surface area contributed by atoms with Crippen molar-refractivity contribution >= 4 is 5.69 Å². The van der Waals surface area contributed by atoms with Crippen molar-refractivity contribution in [3.63, 3.8) is 0 Å². The van der Waals surface area contributed by atoms with Gasteiger partial charge in [0.2, 0.25) is 0 Å². The number of nitrogens with one attached hydrogen (secondary N) is 1. The number of benzene rings is 1. The second kappa shape index (κ2) is 5.18. The molecular formula is C13H17F3N2. The molecule has 2 atom stereocenters. The van der Waals surface area contributed by atoms with Crippen LogP contribution in [0.5, 0.6) is 0 Å². The smallest absolute Gasteiger partial charge is 0.196 e. The van der Waals surface area contributed by atoms with Gasteiger partial charge in [-0.05, 0) is 25.5 Å². The Morgan fingerprint density at radius 2 is 2.00 bits per heavy atom. The molecule has 1 aromatic rings. The van der Waals surface area contributed by atoms with Gasteiger partial charge in [0.15, 0.2) is 17.5 Å². The van der Waals surface area contributed by atoms with Crippen LogP contribution in [-0.2, 0) is 0 Å². The molecule has 1 aliphatic rings. The minimum absolute atomic E-state index is 0.0483. The Kier molecular flexibility index (Phi) is 3.80. The molecule has 5 heteroatoms. The molecule has 1 N–H and O–H groups in total. The van der Waals surface area contributed by atoms with Crippen molar-refractivity contribution in [2.24, 2.45) is 0 Å². The first kappa shape index (κ1) is 13.2. The summed E-state index contributed by atoms with van der Waals surface area (Å²) in [6.45, 7) is 5.27. The van der Waals surface area contributed by atoms with Crippen LogP contribution in [0.4, 0.5) is 18.9 Å². The first-order valence-electron chi connectivity index (χ1n) is 6.18. The molecule has 1 heterocycles. The SMILES string of the molecule is CCC1CN(c2ccc(F)c(F)c2F)C(C)CN1. The van der Waals surface area contributed by atoms with Gasteiger partial charge in [-0.25, -0.2) is 13.2 Å². The highest BCUT2D eigenvalue weighted by atomic mass is 19.2. The van der Waals surface area contributed by atoms with Crippen LogP contribution in [-0.4, -0.2) is 25.2 Å². The third kappa shape index (κ3) is 2.32. The van der Waals surface area contributed by atoms with Crippen LogP contribution in [0.25, 0.3) is 0 Å². The molecule has 0 radical (unpaired) electrons. The summed E-state index contributed by atoms with van der Waals surface area (Å²) in [4.78, 5) is 1.79. The maximum atomic E-state index is 13.8. The van der Waals surface area contributed by atoms with Gasteiger partial charge in [0.05, 0.1) is 5.69 Å². The summed E-state index contributed by atoms with van der Waals surface area (Å²) in [6.07, 6.45) is 0.911. The zero-order valence-electron chi connectivity index (χ0n) is 10.5. The van der Waals surface area contributed by atoms with Gasteiger partial charge in [0, 0.05) is 25.2 Å². The maximum absolute atomic E-state index is 13.8. The van der Waals surface area contributed by atoms with Gasteiger partial charge < -0.3 is 10.2 Å². The third-order valence-electron chi connectivity index (χ3n) is 3.47. The Labute approximate surface area is 105 Å². The second-order valence-electron chi connectivity index (χ2n) is 4.71. The molecule has 0 aromatic heterocycles. The molecule has 1 saturated heterocycles. The molecule has 2 rings (SSSR count). The molecule has 2 unspecified atom stereocenters. The zero-order valence-corrected chi connectivity index (χ0v) is 10.5. The topological polar surface area (TPSA) is 15.3 Å². The fourth-order valence-electron chi connectivity index (χ4n) is 2.28. The van der Waals surface area contributed by atoms with E-state index in [0.29, 0.717) is 13.1 Å². The van der Waals surface area contributed by atoms with Crippen molar-refractivity contribution < 1.29 is 13.2 Å². The van der Waals surface area contributed by atoms with E-state index < -0.39 is 17.5 Å². The Morgan fingerprint density at radius 3 is 2.67 bits per heavy atom. The minimum atomic E-state index is -1.40. The van der Waals surface area contributed by atoms with Gasteiger partial charge in [0.25, 0.3) is 0 Å². The van der Waals surface area contributed by atoms with E-state index in [2.05, 4.69) is 5.32 Å². The zero-order chi connectivity index (χ0) is 13.3. The van der Waals surface area contributed by atoms with Crippen molar-refractivity contribution in [1.82, 2.24) is 5.32 Å². The van der Waals surface area contributed by atoms with E-state index in [1.165, 1.54) is 6.07 Å². The van der Waals surface area contributed by atoms with Gasteiger partial charge >= 0.3 is 0 Å². The Balaban J connectivity index is 2.32. The van der Waals surface area contributed by atoms with E-state index in [4.69, 9.17) is 0 Å². The van der Waals surface area contributed by atoms with Crippen molar-refractivity contribution in [2.45, 2.75) is 32.4 Å². The number of halogens is 3. The van der Waals surface area contributed by atoms with Crippen LogP contribution in [0.15, 0.2) is 12.1 Å². The minimum Gasteiger partial charge on any atom is -0.364 e. The average Bonchev–Trinajstić information content (AvgIpc) is 2.37. The van der Waals surface area contributed by atoms with Crippen LogP contribution < -0.4 is 10.2 Å². The number of anilines is 1. The Hall–Kier alpha value is -1.23. The number of hydrogen-bond donors (Lipinski definition) is 1. The van der Waals surface area contributed by atoms with Gasteiger partial charge in [-0.1, -0.05) is 6.92 Å². The Morgan fingerprint density at radius 1 is 1.28 bits per heavy atom. The molecule has 18 heavy (non-hydrogen) atoms. The molecule has 0 bridgehead atoms. The fourth-order valence-corrected chi connectivity index (χ4v) is 2.28. The summed E-state index contributed by atoms with van der Waals surface area (Å²) in [6, 6.07) is 2.58. The van der Waals surface area contributed by atoms with E-state index in [1.54, 1.807) is 4.90 Å². The predicted molar refractivity (Wildman–Crippen MR) is 65.2 cm³/mol. The van der Waals surface area contributed by atoms with E-state index in [1.807, 2.05) is 13.8 Å². The standard InChI is InChI=1S/C13H17F3N2/c1-3-9-7-18(8(2)6-17-9)11-5-4-10(14)12(15)13(11)16/h4-5,8-9,17H,3,6-7H2,1-2H3. The second-order valence-corrected chi connectivity index (χ2v) is 4.71. The monoisotopic (exact) mass is 258 g/mol. The first-order chi connectivity index (χ1) is 8.54. The summed E-state index contributed by atoms with van der Waals surface area (Å²) in [7, 11) is 0. The van der Waals surface area contributed by atoms with Gasteiger partial charge in [-0.3, -0.25) is 0 Å². The van der Waals surface area contributed by atoms with Crippen LogP contribution in [0, 0.1) is 17.5 Å². The molecule has 0 aliphatic carbocycles. The van der Waals surface area contributed by atoms with Crippen molar-refractivity contribution in [1.29, 1.82) is 0 Å². The highest BCUT2D eigenvalue weighted by Gasteiger charge is 2.27. The molecule has 1 aromatic carbocycles. The number of rotatable bonds is 2. The molecular weight excluding hydrogens is 241 g/mol. The number of piperazine rings is 1. The number of nitrogens with zero attached hydrogens (tertiary/aromatic N) is 1. The van der Waals surface area contributed by atoms with Gasteiger partial charge in [-0.2, -0.15) is 0 Å². The highest BCUT2D eigenvalue weighted by molar-refractivity contribution is 5.50. The largest absolute Gasteiger partial charge is 0.364 e. The molecule has 100 valence electrons. The van der Waals surface area contributed by atoms with Crippen molar-refractivity contribution in [3.05, 3.63) is 29.6 Å². The van der Waals surface area contributed by atoms with Crippen LogP contribution in [0.3, 0.4) is 0 Å². The van der Waals surface area contributed by atoms with Gasteiger partial charge in [0.1, 0.15) is 0 Å². The van der Waals surface area contributed by atoms with E-state index in [0.717, 1.165) is 12.5 Å². The third-order valence-corrected chi connectivity index (χ3v) is 3.47. The predicted octanol–water partition coefficient (Wildman–Crippen LogP) is 2.68. The quantitative estimate of drug-likeness (QED) is 0.820. The van der Waals surface area contributed by atoms with Gasteiger partial charge in [-0.15, -0.1) is 0 Å². The van der Waals surface area contributed by atoms with Crippen LogP contribution >= 0.6 is 0 Å². The first-order valence-corrected chi connectivity index (χ1v) is 6.18. The molecule has 0 amide bonds. The lowest BCUT2D eigenvalue weighted by molar-refractivity contribution is 0.388. The highest BCUT2D eigenvalue weighted by Crippen LogP contribution is 2.26. The lowest BCUT2D eigenvalue weighted by atomic mass is 10.1. The summed E-state index contributed by atoms with van der Waals surface area (Å²) < 4.78 is 40.0. The molecule has 0 saturated carbocycles. The molecule has 0 spiro atoms. The molecule has 1 aliphatic heterocycles. The summed E-state index contributed by atoms with van der Waals surface area (Å²) in [5.41, 5.74) is 0.140. The molecule has 2 nitrogen and oxygen atoms in total. The van der Waals surface area contributed by atoms with Crippen molar-refractivity contribution in [2.75, 3.05) is 18.0 Å². The molecule has 1 fully saturated rings. The Bertz CT molecular complexity index is 436. The summed E-state index contributed by atoms with van der Waals surface area (Å²) in [5.74, 6) is -3.64. The van der Waals surface area contributed by atoms with Crippen LogP contribution in [0.1, 0.15) is 20.3 Å². The van der Waals surface area contributed by atoms with Crippen LogP contribution in [0.2, 0.25) is 0 Å². The van der Waals surface area contributed by atoms with Crippen molar-refractivity contribution in [3.8, 4) is 0 Å². The van der Waals surface area contributed by atoms with E-state index in [-0.39, 0.29) is 17.8 Å². The fraction of sp³-hybridized carbons (Fsp3) is 0.538. The summed E-state index contributed by atoms with van der Waals surface area (Å²) in [5, 5.41) is 3.33. The normalized spacial score (nSPS) is 24.4. The average molecular weight is 258 g/mol. The number of hydrogen-bond acceptors (Lipinski definition) is 2. The lowest BCUT2D eigenvalue weighted by Crippen LogP contribution is -2.55.